The monoisotopic (exact) mass is 248 g/mol. The Bertz CT molecular complexity index is 441. The molecule has 0 spiro atoms. The second-order valence-corrected chi connectivity index (χ2v) is 5.63. The SMILES string of the molecule is O=C1CSc2ccc(C3CCNCC3)cc2N1. The number of amides is 1. The first-order valence-electron chi connectivity index (χ1n) is 6.10. The zero-order chi connectivity index (χ0) is 11.7. The molecule has 2 aliphatic heterocycles. The summed E-state index contributed by atoms with van der Waals surface area (Å²) in [5, 5.41) is 6.34. The van der Waals surface area contributed by atoms with E-state index in [0.29, 0.717) is 11.7 Å². The van der Waals surface area contributed by atoms with Gasteiger partial charge in [-0.15, -0.1) is 11.8 Å². The highest BCUT2D eigenvalue weighted by Crippen LogP contribution is 2.35. The molecular formula is C13H16N2OS. The van der Waals surface area contributed by atoms with Gasteiger partial charge in [-0.05, 0) is 49.5 Å². The van der Waals surface area contributed by atoms with Crippen molar-refractivity contribution >= 4 is 23.4 Å². The largest absolute Gasteiger partial charge is 0.324 e. The van der Waals surface area contributed by atoms with Crippen LogP contribution in [0.5, 0.6) is 0 Å². The lowest BCUT2D eigenvalue weighted by atomic mass is 9.90. The molecule has 0 atom stereocenters. The molecular weight excluding hydrogens is 232 g/mol. The third-order valence-corrected chi connectivity index (χ3v) is 4.52. The van der Waals surface area contributed by atoms with Gasteiger partial charge in [-0.2, -0.15) is 0 Å². The second-order valence-electron chi connectivity index (χ2n) is 4.62. The standard InChI is InChI=1S/C13H16N2OS/c16-13-8-17-12-2-1-10(7-11(12)15-13)9-3-5-14-6-4-9/h1-2,7,9,14H,3-6,8H2,(H,15,16). The Balaban J connectivity index is 1.86. The molecule has 3 nitrogen and oxygen atoms in total. The Kier molecular flexibility index (Phi) is 3.07. The predicted molar refractivity (Wildman–Crippen MR) is 70.6 cm³/mol. The van der Waals surface area contributed by atoms with Crippen molar-refractivity contribution in [3.8, 4) is 0 Å². The van der Waals surface area contributed by atoms with Crippen molar-refractivity contribution < 1.29 is 4.79 Å². The number of carbonyl (C=O) groups excluding carboxylic acids is 1. The van der Waals surface area contributed by atoms with E-state index in [4.69, 9.17) is 0 Å². The van der Waals surface area contributed by atoms with E-state index in [-0.39, 0.29) is 5.91 Å². The summed E-state index contributed by atoms with van der Waals surface area (Å²) in [6, 6.07) is 6.53. The highest BCUT2D eigenvalue weighted by Gasteiger charge is 2.19. The number of thioether (sulfide) groups is 1. The van der Waals surface area contributed by atoms with Crippen molar-refractivity contribution in [2.24, 2.45) is 0 Å². The molecule has 1 amide bonds. The molecule has 1 saturated heterocycles. The van der Waals surface area contributed by atoms with Crippen LogP contribution in [0.2, 0.25) is 0 Å². The van der Waals surface area contributed by atoms with Crippen molar-refractivity contribution in [2.75, 3.05) is 24.2 Å². The number of nitrogens with one attached hydrogen (secondary N) is 2. The van der Waals surface area contributed by atoms with E-state index in [0.717, 1.165) is 18.8 Å². The average Bonchev–Trinajstić information content (AvgIpc) is 2.39. The van der Waals surface area contributed by atoms with Crippen molar-refractivity contribution in [1.82, 2.24) is 5.32 Å². The number of hydrogen-bond donors (Lipinski definition) is 2. The zero-order valence-corrected chi connectivity index (χ0v) is 10.5. The number of hydrogen-bond acceptors (Lipinski definition) is 3. The molecule has 2 heterocycles. The van der Waals surface area contributed by atoms with E-state index in [9.17, 15) is 4.79 Å². The molecule has 2 aliphatic rings. The summed E-state index contributed by atoms with van der Waals surface area (Å²) in [5.41, 5.74) is 2.37. The maximum atomic E-state index is 11.4. The van der Waals surface area contributed by atoms with E-state index in [2.05, 4.69) is 28.8 Å². The summed E-state index contributed by atoms with van der Waals surface area (Å²) in [5.74, 6) is 1.30. The summed E-state index contributed by atoms with van der Waals surface area (Å²) in [7, 11) is 0. The summed E-state index contributed by atoms with van der Waals surface area (Å²) < 4.78 is 0. The first-order valence-corrected chi connectivity index (χ1v) is 7.09. The molecule has 4 heteroatoms. The van der Waals surface area contributed by atoms with Crippen LogP contribution in [0.25, 0.3) is 0 Å². The number of carbonyl (C=O) groups is 1. The molecule has 0 saturated carbocycles. The molecule has 0 unspecified atom stereocenters. The smallest absolute Gasteiger partial charge is 0.234 e. The minimum atomic E-state index is 0.116. The number of piperidine rings is 1. The maximum absolute atomic E-state index is 11.4. The van der Waals surface area contributed by atoms with Crippen molar-refractivity contribution in [3.63, 3.8) is 0 Å². The van der Waals surface area contributed by atoms with Crippen molar-refractivity contribution in [1.29, 1.82) is 0 Å². The molecule has 17 heavy (non-hydrogen) atoms. The molecule has 1 fully saturated rings. The molecule has 0 aromatic heterocycles. The summed E-state index contributed by atoms with van der Waals surface area (Å²) in [6.45, 7) is 2.20. The van der Waals surface area contributed by atoms with Gasteiger partial charge in [-0.3, -0.25) is 4.79 Å². The number of rotatable bonds is 1. The normalized spacial score (nSPS) is 20.8. The van der Waals surface area contributed by atoms with Crippen LogP contribution in [-0.2, 0) is 4.79 Å². The van der Waals surface area contributed by atoms with Crippen LogP contribution in [0.1, 0.15) is 24.3 Å². The lowest BCUT2D eigenvalue weighted by Gasteiger charge is -2.25. The minimum Gasteiger partial charge on any atom is -0.324 e. The van der Waals surface area contributed by atoms with Gasteiger partial charge in [0.25, 0.3) is 0 Å². The summed E-state index contributed by atoms with van der Waals surface area (Å²) in [6.07, 6.45) is 2.39. The maximum Gasteiger partial charge on any atom is 0.234 e. The number of fused-ring (bicyclic) bond motifs is 1. The van der Waals surface area contributed by atoms with E-state index < -0.39 is 0 Å². The van der Waals surface area contributed by atoms with Gasteiger partial charge in [0.2, 0.25) is 5.91 Å². The quantitative estimate of drug-likeness (QED) is 0.800. The minimum absolute atomic E-state index is 0.116. The third kappa shape index (κ3) is 2.33. The summed E-state index contributed by atoms with van der Waals surface area (Å²) >= 11 is 1.63. The van der Waals surface area contributed by atoms with Gasteiger partial charge < -0.3 is 10.6 Å². The second kappa shape index (κ2) is 4.70. The molecule has 90 valence electrons. The Hall–Kier alpha value is -1.00. The topological polar surface area (TPSA) is 41.1 Å². The van der Waals surface area contributed by atoms with Crippen LogP contribution in [0.4, 0.5) is 5.69 Å². The average molecular weight is 248 g/mol. The fourth-order valence-corrected chi connectivity index (χ4v) is 3.30. The lowest BCUT2D eigenvalue weighted by Crippen LogP contribution is -2.26. The first kappa shape index (κ1) is 11.1. The van der Waals surface area contributed by atoms with E-state index in [1.807, 2.05) is 0 Å². The fraction of sp³-hybridized carbons (Fsp3) is 0.462. The van der Waals surface area contributed by atoms with Gasteiger partial charge in [0.15, 0.2) is 0 Å². The Morgan fingerprint density at radius 1 is 1.24 bits per heavy atom. The molecule has 0 radical (unpaired) electrons. The van der Waals surface area contributed by atoms with Crippen molar-refractivity contribution in [3.05, 3.63) is 23.8 Å². The van der Waals surface area contributed by atoms with Crippen molar-refractivity contribution in [2.45, 2.75) is 23.7 Å². The zero-order valence-electron chi connectivity index (χ0n) is 9.66. The Morgan fingerprint density at radius 2 is 2.06 bits per heavy atom. The van der Waals surface area contributed by atoms with E-state index in [1.54, 1.807) is 11.8 Å². The number of anilines is 1. The fourth-order valence-electron chi connectivity index (χ4n) is 2.51. The van der Waals surface area contributed by atoms with Gasteiger partial charge in [-0.25, -0.2) is 0 Å². The highest BCUT2D eigenvalue weighted by molar-refractivity contribution is 8.00. The first-order chi connectivity index (χ1) is 8.33. The predicted octanol–water partition coefficient (Wildman–Crippen LogP) is 2.20. The Labute approximate surface area is 105 Å². The highest BCUT2D eigenvalue weighted by atomic mass is 32.2. The van der Waals surface area contributed by atoms with Crippen LogP contribution in [-0.4, -0.2) is 24.7 Å². The summed E-state index contributed by atoms with van der Waals surface area (Å²) in [4.78, 5) is 12.6. The van der Waals surface area contributed by atoms with E-state index >= 15 is 0 Å². The molecule has 2 N–H and O–H groups in total. The van der Waals surface area contributed by atoms with Crippen LogP contribution in [0.15, 0.2) is 23.1 Å². The van der Waals surface area contributed by atoms with Crippen LogP contribution in [0.3, 0.4) is 0 Å². The third-order valence-electron chi connectivity index (χ3n) is 3.45. The van der Waals surface area contributed by atoms with Crippen LogP contribution in [0, 0.1) is 0 Å². The lowest BCUT2D eigenvalue weighted by molar-refractivity contribution is -0.113. The van der Waals surface area contributed by atoms with Crippen LogP contribution < -0.4 is 10.6 Å². The molecule has 1 aromatic carbocycles. The van der Waals surface area contributed by atoms with Crippen LogP contribution >= 0.6 is 11.8 Å². The van der Waals surface area contributed by atoms with Gasteiger partial charge in [0.1, 0.15) is 0 Å². The van der Waals surface area contributed by atoms with Gasteiger partial charge >= 0.3 is 0 Å². The Morgan fingerprint density at radius 3 is 2.88 bits per heavy atom. The van der Waals surface area contributed by atoms with Gasteiger partial charge in [0, 0.05) is 4.90 Å². The molecule has 3 rings (SSSR count). The van der Waals surface area contributed by atoms with Gasteiger partial charge in [0.05, 0.1) is 11.4 Å². The van der Waals surface area contributed by atoms with E-state index in [1.165, 1.54) is 23.3 Å². The van der Waals surface area contributed by atoms with Gasteiger partial charge in [-0.1, -0.05) is 6.07 Å². The molecule has 0 aliphatic carbocycles. The number of benzene rings is 1. The molecule has 0 bridgehead atoms. The molecule has 1 aromatic rings.